The SMILES string of the molecule is CCOc1ccc(C=NNC(=O)C(NC(=O)c2cccc(Cl)c2)C(C)C)c2ccccc12. The first kappa shape index (κ1) is 23.3. The Morgan fingerprint density at radius 1 is 1.06 bits per heavy atom. The highest BCUT2D eigenvalue weighted by molar-refractivity contribution is 6.31. The molecule has 0 bridgehead atoms. The molecule has 0 heterocycles. The summed E-state index contributed by atoms with van der Waals surface area (Å²) < 4.78 is 5.69. The Hall–Kier alpha value is -3.38. The fourth-order valence-electron chi connectivity index (χ4n) is 3.31. The van der Waals surface area contributed by atoms with E-state index in [1.165, 1.54) is 0 Å². The molecule has 0 saturated heterocycles. The fraction of sp³-hybridized carbons (Fsp3) is 0.240. The maximum atomic E-state index is 12.7. The molecular formula is C25H26ClN3O3. The molecule has 6 nitrogen and oxygen atoms in total. The van der Waals surface area contributed by atoms with Gasteiger partial charge in [-0.3, -0.25) is 9.59 Å². The van der Waals surface area contributed by atoms with Crippen LogP contribution in [0.3, 0.4) is 0 Å². The van der Waals surface area contributed by atoms with Gasteiger partial charge in [0, 0.05) is 21.5 Å². The Morgan fingerprint density at radius 2 is 1.81 bits per heavy atom. The Balaban J connectivity index is 1.73. The zero-order valence-corrected chi connectivity index (χ0v) is 19.0. The van der Waals surface area contributed by atoms with Crippen molar-refractivity contribution < 1.29 is 14.3 Å². The van der Waals surface area contributed by atoms with Crippen molar-refractivity contribution in [1.82, 2.24) is 10.7 Å². The monoisotopic (exact) mass is 451 g/mol. The van der Waals surface area contributed by atoms with Crippen molar-refractivity contribution in [3.05, 3.63) is 76.8 Å². The molecular weight excluding hydrogens is 426 g/mol. The number of rotatable bonds is 8. The number of hydrogen-bond donors (Lipinski definition) is 2. The van der Waals surface area contributed by atoms with Crippen molar-refractivity contribution in [3.63, 3.8) is 0 Å². The lowest BCUT2D eigenvalue weighted by atomic mass is 10.0. The molecule has 1 unspecified atom stereocenters. The minimum absolute atomic E-state index is 0.139. The topological polar surface area (TPSA) is 79.8 Å². The normalized spacial score (nSPS) is 12.2. The largest absolute Gasteiger partial charge is 0.493 e. The minimum Gasteiger partial charge on any atom is -0.493 e. The molecule has 0 aliphatic heterocycles. The molecule has 32 heavy (non-hydrogen) atoms. The highest BCUT2D eigenvalue weighted by atomic mass is 35.5. The number of nitrogens with zero attached hydrogens (tertiary/aromatic N) is 1. The lowest BCUT2D eigenvalue weighted by Crippen LogP contribution is -2.48. The standard InChI is InChI=1S/C25H26ClN3O3/c1-4-32-22-13-12-18(20-10-5-6-11-21(20)22)15-27-29-25(31)23(16(2)3)28-24(30)17-8-7-9-19(26)14-17/h5-16,23H,4H2,1-3H3,(H,28,30)(H,29,31). The maximum absolute atomic E-state index is 12.7. The molecule has 3 aromatic carbocycles. The van der Waals surface area contributed by atoms with Gasteiger partial charge in [-0.05, 0) is 48.6 Å². The molecule has 2 amide bonds. The van der Waals surface area contributed by atoms with Crippen LogP contribution in [0.5, 0.6) is 5.75 Å². The minimum atomic E-state index is -0.754. The van der Waals surface area contributed by atoms with E-state index >= 15 is 0 Å². The van der Waals surface area contributed by atoms with Crippen LogP contribution in [0.4, 0.5) is 0 Å². The Labute approximate surface area is 192 Å². The summed E-state index contributed by atoms with van der Waals surface area (Å²) in [7, 11) is 0. The summed E-state index contributed by atoms with van der Waals surface area (Å²) in [6.45, 7) is 6.22. The Kier molecular flexibility index (Phi) is 7.84. The zero-order valence-electron chi connectivity index (χ0n) is 18.3. The third kappa shape index (κ3) is 5.65. The fourth-order valence-corrected chi connectivity index (χ4v) is 3.50. The highest BCUT2D eigenvalue weighted by Crippen LogP contribution is 2.27. The van der Waals surface area contributed by atoms with Gasteiger partial charge in [-0.25, -0.2) is 5.43 Å². The van der Waals surface area contributed by atoms with Gasteiger partial charge in [0.2, 0.25) is 0 Å². The van der Waals surface area contributed by atoms with Gasteiger partial charge in [-0.2, -0.15) is 5.10 Å². The number of nitrogens with one attached hydrogen (secondary N) is 2. The number of ether oxygens (including phenoxy) is 1. The smallest absolute Gasteiger partial charge is 0.262 e. The average Bonchev–Trinajstić information content (AvgIpc) is 2.78. The molecule has 3 rings (SSSR count). The van der Waals surface area contributed by atoms with E-state index in [4.69, 9.17) is 16.3 Å². The number of carbonyl (C=O) groups is 2. The van der Waals surface area contributed by atoms with E-state index in [0.717, 1.165) is 22.1 Å². The number of carbonyl (C=O) groups excluding carboxylic acids is 2. The third-order valence-corrected chi connectivity index (χ3v) is 5.15. The molecule has 1 atom stereocenters. The molecule has 0 aromatic heterocycles. The molecule has 0 aliphatic carbocycles. The van der Waals surface area contributed by atoms with Crippen LogP contribution in [0.1, 0.15) is 36.7 Å². The zero-order chi connectivity index (χ0) is 23.1. The van der Waals surface area contributed by atoms with Crippen LogP contribution < -0.4 is 15.5 Å². The van der Waals surface area contributed by atoms with Gasteiger partial charge in [0.25, 0.3) is 11.8 Å². The number of amides is 2. The van der Waals surface area contributed by atoms with Gasteiger partial charge in [-0.1, -0.05) is 55.8 Å². The number of fused-ring (bicyclic) bond motifs is 1. The first-order chi connectivity index (χ1) is 15.4. The lowest BCUT2D eigenvalue weighted by Gasteiger charge is -2.20. The van der Waals surface area contributed by atoms with Crippen LogP contribution in [0.2, 0.25) is 5.02 Å². The highest BCUT2D eigenvalue weighted by Gasteiger charge is 2.24. The van der Waals surface area contributed by atoms with Crippen molar-refractivity contribution in [2.75, 3.05) is 6.61 Å². The molecule has 2 N–H and O–H groups in total. The van der Waals surface area contributed by atoms with Crippen LogP contribution in [0, 0.1) is 5.92 Å². The van der Waals surface area contributed by atoms with Crippen molar-refractivity contribution in [2.24, 2.45) is 11.0 Å². The summed E-state index contributed by atoms with van der Waals surface area (Å²) in [5, 5.41) is 9.28. The van der Waals surface area contributed by atoms with Gasteiger partial charge in [0.05, 0.1) is 12.8 Å². The molecule has 0 fully saturated rings. The quantitative estimate of drug-likeness (QED) is 0.381. The lowest BCUT2D eigenvalue weighted by molar-refractivity contribution is -0.123. The van der Waals surface area contributed by atoms with E-state index in [1.54, 1.807) is 30.5 Å². The van der Waals surface area contributed by atoms with E-state index in [-0.39, 0.29) is 11.8 Å². The molecule has 7 heteroatoms. The molecule has 0 saturated carbocycles. The van der Waals surface area contributed by atoms with E-state index in [9.17, 15) is 9.59 Å². The number of benzene rings is 3. The number of halogens is 1. The summed E-state index contributed by atoms with van der Waals surface area (Å²) in [6, 6.07) is 17.4. The molecule has 0 spiro atoms. The van der Waals surface area contributed by atoms with Crippen molar-refractivity contribution in [3.8, 4) is 5.75 Å². The van der Waals surface area contributed by atoms with E-state index < -0.39 is 11.9 Å². The van der Waals surface area contributed by atoms with Crippen molar-refractivity contribution >= 4 is 40.4 Å². The second-order valence-electron chi connectivity index (χ2n) is 7.57. The first-order valence-corrected chi connectivity index (χ1v) is 10.8. The van der Waals surface area contributed by atoms with Crippen molar-refractivity contribution in [1.29, 1.82) is 0 Å². The number of hydrogen-bond acceptors (Lipinski definition) is 4. The first-order valence-electron chi connectivity index (χ1n) is 10.4. The Bertz CT molecular complexity index is 1140. The summed E-state index contributed by atoms with van der Waals surface area (Å²) in [5.41, 5.74) is 3.77. The Morgan fingerprint density at radius 3 is 2.50 bits per heavy atom. The summed E-state index contributed by atoms with van der Waals surface area (Å²) in [6.07, 6.45) is 1.59. The predicted octanol–water partition coefficient (Wildman–Crippen LogP) is 4.80. The van der Waals surface area contributed by atoms with Gasteiger partial charge in [0.1, 0.15) is 11.8 Å². The maximum Gasteiger partial charge on any atom is 0.262 e. The van der Waals surface area contributed by atoms with Gasteiger partial charge >= 0.3 is 0 Å². The van der Waals surface area contributed by atoms with Gasteiger partial charge in [0.15, 0.2) is 0 Å². The second-order valence-corrected chi connectivity index (χ2v) is 8.01. The molecule has 166 valence electrons. The van der Waals surface area contributed by atoms with E-state index in [1.807, 2.05) is 57.2 Å². The molecule has 0 radical (unpaired) electrons. The summed E-state index contributed by atoms with van der Waals surface area (Å²) in [5.74, 6) is -0.114. The second kappa shape index (κ2) is 10.8. The van der Waals surface area contributed by atoms with Crippen molar-refractivity contribution in [2.45, 2.75) is 26.8 Å². The van der Waals surface area contributed by atoms with Crippen LogP contribution >= 0.6 is 11.6 Å². The third-order valence-electron chi connectivity index (χ3n) is 4.92. The molecule has 0 aliphatic rings. The summed E-state index contributed by atoms with van der Waals surface area (Å²) >= 11 is 5.96. The molecule has 3 aromatic rings. The van der Waals surface area contributed by atoms with Crippen LogP contribution in [0.25, 0.3) is 10.8 Å². The van der Waals surface area contributed by atoms with Crippen LogP contribution in [-0.4, -0.2) is 30.7 Å². The van der Waals surface area contributed by atoms with Gasteiger partial charge in [-0.15, -0.1) is 0 Å². The van der Waals surface area contributed by atoms with Gasteiger partial charge < -0.3 is 10.1 Å². The average molecular weight is 452 g/mol. The van der Waals surface area contributed by atoms with Crippen LogP contribution in [-0.2, 0) is 4.79 Å². The van der Waals surface area contributed by atoms with Crippen LogP contribution in [0.15, 0.2) is 65.8 Å². The summed E-state index contributed by atoms with van der Waals surface area (Å²) in [4.78, 5) is 25.3. The van der Waals surface area contributed by atoms with E-state index in [2.05, 4.69) is 15.8 Å². The predicted molar refractivity (Wildman–Crippen MR) is 128 cm³/mol. The number of hydrazone groups is 1. The van der Waals surface area contributed by atoms with E-state index in [0.29, 0.717) is 17.2 Å².